The molecule has 8 heteroatoms. The van der Waals surface area contributed by atoms with E-state index in [1.165, 1.54) is 11.1 Å². The van der Waals surface area contributed by atoms with Crippen LogP contribution in [0.4, 0.5) is 4.79 Å². The molecule has 1 aliphatic carbocycles. The molecule has 0 bridgehead atoms. The van der Waals surface area contributed by atoms with Gasteiger partial charge in [-0.25, -0.2) is 4.79 Å². The number of rotatable bonds is 4. The van der Waals surface area contributed by atoms with Gasteiger partial charge < -0.3 is 29.2 Å². The summed E-state index contributed by atoms with van der Waals surface area (Å²) in [6, 6.07) is 4.10. The highest BCUT2D eigenvalue weighted by molar-refractivity contribution is 5.78. The molecule has 8 nitrogen and oxygen atoms in total. The van der Waals surface area contributed by atoms with Crippen LogP contribution < -0.4 is 14.8 Å². The summed E-state index contributed by atoms with van der Waals surface area (Å²) in [4.78, 5) is 26.5. The molecule has 0 saturated carbocycles. The number of nitrogens with one attached hydrogen (secondary N) is 1. The second kappa shape index (κ2) is 8.89. The summed E-state index contributed by atoms with van der Waals surface area (Å²) >= 11 is 0. The van der Waals surface area contributed by atoms with Crippen molar-refractivity contribution in [2.45, 2.75) is 69.8 Å². The lowest BCUT2D eigenvalue weighted by Crippen LogP contribution is -2.45. The Kier molecular flexibility index (Phi) is 6.31. The van der Waals surface area contributed by atoms with Gasteiger partial charge >= 0.3 is 12.1 Å². The summed E-state index contributed by atoms with van der Waals surface area (Å²) in [6.45, 7) is 6.91. The van der Waals surface area contributed by atoms with Crippen LogP contribution in [-0.2, 0) is 26.2 Å². The highest BCUT2D eigenvalue weighted by atomic mass is 16.6. The Balaban J connectivity index is 1.49. The third kappa shape index (κ3) is 4.81. The Bertz CT molecular complexity index is 953. The average Bonchev–Trinajstić information content (AvgIpc) is 3.05. The van der Waals surface area contributed by atoms with Crippen molar-refractivity contribution in [3.8, 4) is 11.5 Å². The third-order valence-electron chi connectivity index (χ3n) is 6.41. The molecule has 33 heavy (non-hydrogen) atoms. The summed E-state index contributed by atoms with van der Waals surface area (Å²) in [5.74, 6) is 1.02. The van der Waals surface area contributed by atoms with E-state index in [1.807, 2.05) is 12.1 Å². The van der Waals surface area contributed by atoms with E-state index in [-0.39, 0.29) is 18.1 Å². The van der Waals surface area contributed by atoms with E-state index >= 15 is 0 Å². The van der Waals surface area contributed by atoms with Gasteiger partial charge in [-0.1, -0.05) is 12.1 Å². The summed E-state index contributed by atoms with van der Waals surface area (Å²) < 4.78 is 22.9. The van der Waals surface area contributed by atoms with E-state index in [0.29, 0.717) is 6.42 Å². The van der Waals surface area contributed by atoms with Crippen LogP contribution in [0.15, 0.2) is 24.3 Å². The maximum Gasteiger partial charge on any atom is 0.408 e. The molecular formula is C25H34N2O6. The second-order valence-electron chi connectivity index (χ2n) is 10.1. The van der Waals surface area contributed by atoms with Crippen LogP contribution in [0.1, 0.15) is 51.2 Å². The molecular weight excluding hydrogens is 424 g/mol. The lowest BCUT2D eigenvalue weighted by molar-refractivity contribution is -0.147. The van der Waals surface area contributed by atoms with E-state index in [9.17, 15) is 9.59 Å². The zero-order valence-corrected chi connectivity index (χ0v) is 20.1. The number of carbonyl (C=O) groups is 2. The van der Waals surface area contributed by atoms with Crippen molar-refractivity contribution in [1.82, 2.24) is 10.2 Å². The standard InChI is InChI=1S/C25H34N2O6/c1-24(2,3)33-23(29)26-14-20(28)31-17-9-11-25-10-6-12-27(4)15-16-7-8-18(30-5)22(21(16)25)32-19(25)13-17/h7-9,11,17,19H,6,10,12-15H2,1-5H3,(H,26,29). The molecule has 0 fully saturated rings. The second-order valence-corrected chi connectivity index (χ2v) is 10.1. The quantitative estimate of drug-likeness (QED) is 0.547. The minimum atomic E-state index is -0.647. The van der Waals surface area contributed by atoms with Crippen LogP contribution in [-0.4, -0.2) is 62.0 Å². The van der Waals surface area contributed by atoms with Gasteiger partial charge in [-0.2, -0.15) is 0 Å². The summed E-state index contributed by atoms with van der Waals surface area (Å²) in [5.41, 5.74) is 1.57. The van der Waals surface area contributed by atoms with Crippen LogP contribution in [0.5, 0.6) is 11.5 Å². The van der Waals surface area contributed by atoms with Crippen LogP contribution >= 0.6 is 0 Å². The van der Waals surface area contributed by atoms with Gasteiger partial charge in [0.1, 0.15) is 24.4 Å². The van der Waals surface area contributed by atoms with Crippen molar-refractivity contribution in [3.05, 3.63) is 35.4 Å². The minimum absolute atomic E-state index is 0.146. The monoisotopic (exact) mass is 458 g/mol. The highest BCUT2D eigenvalue weighted by Crippen LogP contribution is 2.55. The molecule has 1 aromatic rings. The van der Waals surface area contributed by atoms with Crippen molar-refractivity contribution in [2.24, 2.45) is 0 Å². The van der Waals surface area contributed by atoms with E-state index in [0.717, 1.165) is 37.4 Å². The number of alkyl carbamates (subject to hydrolysis) is 1. The molecule has 0 radical (unpaired) electrons. The fourth-order valence-electron chi connectivity index (χ4n) is 5.09. The predicted octanol–water partition coefficient (Wildman–Crippen LogP) is 3.32. The molecule has 0 aromatic heterocycles. The maximum absolute atomic E-state index is 12.4. The van der Waals surface area contributed by atoms with Crippen molar-refractivity contribution < 1.29 is 28.5 Å². The minimum Gasteiger partial charge on any atom is -0.493 e. The van der Waals surface area contributed by atoms with Gasteiger partial charge in [-0.3, -0.25) is 4.79 Å². The molecule has 0 saturated heterocycles. The number of methoxy groups -OCH3 is 1. The Hall–Kier alpha value is -2.74. The van der Waals surface area contributed by atoms with Crippen LogP contribution in [0.3, 0.4) is 0 Å². The first-order chi connectivity index (χ1) is 15.6. The maximum atomic E-state index is 12.4. The fraction of sp³-hybridized carbons (Fsp3) is 0.600. The Morgan fingerprint density at radius 2 is 2.09 bits per heavy atom. The zero-order chi connectivity index (χ0) is 23.8. The first-order valence-electron chi connectivity index (χ1n) is 11.5. The van der Waals surface area contributed by atoms with E-state index in [1.54, 1.807) is 27.9 Å². The zero-order valence-electron chi connectivity index (χ0n) is 20.1. The van der Waals surface area contributed by atoms with Gasteiger partial charge in [-0.15, -0.1) is 0 Å². The lowest BCUT2D eigenvalue weighted by Gasteiger charge is -2.39. The van der Waals surface area contributed by atoms with Gasteiger partial charge in [-0.05, 0) is 64.9 Å². The largest absolute Gasteiger partial charge is 0.493 e. The van der Waals surface area contributed by atoms with Crippen molar-refractivity contribution in [2.75, 3.05) is 27.2 Å². The molecule has 1 spiro atoms. The van der Waals surface area contributed by atoms with Gasteiger partial charge in [0.05, 0.1) is 12.5 Å². The molecule has 1 N–H and O–H groups in total. The smallest absolute Gasteiger partial charge is 0.408 e. The average molecular weight is 459 g/mol. The van der Waals surface area contributed by atoms with Crippen molar-refractivity contribution >= 4 is 12.1 Å². The number of hydrogen-bond acceptors (Lipinski definition) is 7. The summed E-state index contributed by atoms with van der Waals surface area (Å²) in [6.07, 6.45) is 5.45. The topological polar surface area (TPSA) is 86.3 Å². The van der Waals surface area contributed by atoms with Gasteiger partial charge in [0, 0.05) is 18.5 Å². The number of ether oxygens (including phenoxy) is 4. The van der Waals surface area contributed by atoms with E-state index in [4.69, 9.17) is 18.9 Å². The summed E-state index contributed by atoms with van der Waals surface area (Å²) in [5, 5.41) is 2.45. The van der Waals surface area contributed by atoms with Crippen molar-refractivity contribution in [3.63, 3.8) is 0 Å². The molecule has 1 aromatic carbocycles. The molecule has 2 heterocycles. The number of carbonyl (C=O) groups excluding carboxylic acids is 2. The number of benzene rings is 1. The van der Waals surface area contributed by atoms with E-state index in [2.05, 4.69) is 29.4 Å². The number of nitrogens with zero attached hydrogens (tertiary/aromatic N) is 1. The molecule has 3 aliphatic rings. The Labute approximate surface area is 195 Å². The SMILES string of the molecule is COc1ccc2c3c1OC1CC(OC(=O)CNC(=O)OC(C)(C)C)C=CC31CCCN(C)C2. The molecule has 2 aliphatic heterocycles. The number of hydrogen-bond donors (Lipinski definition) is 1. The van der Waals surface area contributed by atoms with Gasteiger partial charge in [0.15, 0.2) is 11.5 Å². The van der Waals surface area contributed by atoms with Gasteiger partial charge in [0.25, 0.3) is 0 Å². The fourth-order valence-corrected chi connectivity index (χ4v) is 5.09. The predicted molar refractivity (Wildman–Crippen MR) is 123 cm³/mol. The molecule has 180 valence electrons. The first-order valence-corrected chi connectivity index (χ1v) is 11.5. The van der Waals surface area contributed by atoms with E-state index < -0.39 is 23.8 Å². The van der Waals surface area contributed by atoms with Crippen LogP contribution in [0.2, 0.25) is 0 Å². The Morgan fingerprint density at radius 1 is 1.30 bits per heavy atom. The third-order valence-corrected chi connectivity index (χ3v) is 6.41. The van der Waals surface area contributed by atoms with Crippen molar-refractivity contribution in [1.29, 1.82) is 0 Å². The normalized spacial score (nSPS) is 26.2. The number of amides is 1. The molecule has 1 amide bonds. The van der Waals surface area contributed by atoms with Crippen LogP contribution in [0, 0.1) is 0 Å². The molecule has 3 unspecified atom stereocenters. The Morgan fingerprint density at radius 3 is 2.82 bits per heavy atom. The van der Waals surface area contributed by atoms with Gasteiger partial charge in [0.2, 0.25) is 0 Å². The lowest BCUT2D eigenvalue weighted by atomic mass is 9.67. The molecule has 4 rings (SSSR count). The summed E-state index contributed by atoms with van der Waals surface area (Å²) in [7, 11) is 3.79. The molecule has 3 atom stereocenters. The number of esters is 1. The highest BCUT2D eigenvalue weighted by Gasteiger charge is 2.52. The van der Waals surface area contributed by atoms with Crippen LogP contribution in [0.25, 0.3) is 0 Å². The first kappa shape index (κ1) is 23.4.